The second-order valence-corrected chi connectivity index (χ2v) is 4.57. The first-order chi connectivity index (χ1) is 6.75. The summed E-state index contributed by atoms with van der Waals surface area (Å²) in [7, 11) is 0. The highest BCUT2D eigenvalue weighted by Crippen LogP contribution is 2.25. The summed E-state index contributed by atoms with van der Waals surface area (Å²) in [4.78, 5) is 2.22. The van der Waals surface area contributed by atoms with Gasteiger partial charge in [-0.25, -0.2) is 0 Å². The van der Waals surface area contributed by atoms with Crippen LogP contribution < -0.4 is 0 Å². The van der Waals surface area contributed by atoms with Gasteiger partial charge in [-0.1, -0.05) is 0 Å². The van der Waals surface area contributed by atoms with Crippen LogP contribution in [0, 0.1) is 6.92 Å². The molecule has 1 unspecified atom stereocenters. The van der Waals surface area contributed by atoms with E-state index in [9.17, 15) is 5.11 Å². The summed E-state index contributed by atoms with van der Waals surface area (Å²) < 4.78 is 5.18. The minimum Gasteiger partial charge on any atom is -0.469 e. The van der Waals surface area contributed by atoms with Gasteiger partial charge in [0.2, 0.25) is 0 Å². The number of hydrogen-bond donors (Lipinski definition) is 1. The van der Waals surface area contributed by atoms with E-state index in [1.165, 1.54) is 4.88 Å². The topological polar surface area (TPSA) is 33.4 Å². The average molecular weight is 208 g/mol. The molecular formula is C11H12O2S. The first kappa shape index (κ1) is 9.49. The minimum absolute atomic E-state index is 0.445. The van der Waals surface area contributed by atoms with Crippen LogP contribution >= 0.6 is 11.3 Å². The Bertz CT molecular complexity index is 389. The Morgan fingerprint density at radius 2 is 2.29 bits per heavy atom. The number of hydrogen-bond acceptors (Lipinski definition) is 3. The SMILES string of the molecule is Cc1ccc(C(O)Cc2ccco2)s1. The van der Waals surface area contributed by atoms with Crippen LogP contribution in [0.2, 0.25) is 0 Å². The maximum absolute atomic E-state index is 9.86. The third-order valence-electron chi connectivity index (χ3n) is 2.06. The van der Waals surface area contributed by atoms with Gasteiger partial charge >= 0.3 is 0 Å². The van der Waals surface area contributed by atoms with E-state index in [4.69, 9.17) is 4.42 Å². The van der Waals surface area contributed by atoms with Crippen LogP contribution in [-0.4, -0.2) is 5.11 Å². The van der Waals surface area contributed by atoms with E-state index in [1.807, 2.05) is 31.2 Å². The molecule has 0 aromatic carbocycles. The van der Waals surface area contributed by atoms with Crippen LogP contribution in [0.15, 0.2) is 34.9 Å². The van der Waals surface area contributed by atoms with E-state index >= 15 is 0 Å². The zero-order valence-corrected chi connectivity index (χ0v) is 8.75. The number of thiophene rings is 1. The largest absolute Gasteiger partial charge is 0.469 e. The molecule has 0 fully saturated rings. The van der Waals surface area contributed by atoms with Crippen LogP contribution in [0.3, 0.4) is 0 Å². The van der Waals surface area contributed by atoms with Crippen molar-refractivity contribution in [3.8, 4) is 0 Å². The van der Waals surface area contributed by atoms with Gasteiger partial charge in [-0.3, -0.25) is 0 Å². The van der Waals surface area contributed by atoms with E-state index in [0.29, 0.717) is 6.42 Å². The fourth-order valence-corrected chi connectivity index (χ4v) is 2.22. The predicted octanol–water partition coefficient (Wildman–Crippen LogP) is 2.93. The number of aliphatic hydroxyl groups is 1. The van der Waals surface area contributed by atoms with Gasteiger partial charge in [-0.2, -0.15) is 0 Å². The average Bonchev–Trinajstić information content (AvgIpc) is 2.75. The molecule has 2 heterocycles. The molecule has 0 saturated carbocycles. The maximum Gasteiger partial charge on any atom is 0.106 e. The summed E-state index contributed by atoms with van der Waals surface area (Å²) in [6.07, 6.45) is 1.73. The van der Waals surface area contributed by atoms with Crippen molar-refractivity contribution >= 4 is 11.3 Å². The van der Waals surface area contributed by atoms with Crippen molar-refractivity contribution in [2.75, 3.05) is 0 Å². The predicted molar refractivity (Wildman–Crippen MR) is 56.4 cm³/mol. The molecule has 1 atom stereocenters. The molecule has 14 heavy (non-hydrogen) atoms. The molecule has 0 spiro atoms. The maximum atomic E-state index is 9.86. The van der Waals surface area contributed by atoms with E-state index in [0.717, 1.165) is 10.6 Å². The van der Waals surface area contributed by atoms with Gasteiger partial charge in [-0.05, 0) is 31.2 Å². The van der Waals surface area contributed by atoms with Gasteiger partial charge < -0.3 is 9.52 Å². The summed E-state index contributed by atoms with van der Waals surface area (Å²) >= 11 is 1.63. The lowest BCUT2D eigenvalue weighted by Gasteiger charge is -2.05. The van der Waals surface area contributed by atoms with Crippen molar-refractivity contribution in [2.24, 2.45) is 0 Å². The molecule has 0 aliphatic heterocycles. The van der Waals surface area contributed by atoms with Crippen molar-refractivity contribution in [3.63, 3.8) is 0 Å². The van der Waals surface area contributed by atoms with E-state index < -0.39 is 6.10 Å². The Morgan fingerprint density at radius 1 is 1.43 bits per heavy atom. The summed E-state index contributed by atoms with van der Waals surface area (Å²) in [6.45, 7) is 2.04. The highest BCUT2D eigenvalue weighted by atomic mass is 32.1. The summed E-state index contributed by atoms with van der Waals surface area (Å²) in [5.74, 6) is 0.823. The van der Waals surface area contributed by atoms with Crippen LogP contribution in [0.5, 0.6) is 0 Å². The molecule has 2 aromatic heterocycles. The van der Waals surface area contributed by atoms with Gasteiger partial charge in [0.1, 0.15) is 5.76 Å². The molecule has 1 N–H and O–H groups in total. The Morgan fingerprint density at radius 3 is 2.86 bits per heavy atom. The van der Waals surface area contributed by atoms with Gasteiger partial charge in [0.25, 0.3) is 0 Å². The normalized spacial score (nSPS) is 13.0. The van der Waals surface area contributed by atoms with Crippen molar-refractivity contribution in [1.29, 1.82) is 0 Å². The Balaban J connectivity index is 2.06. The van der Waals surface area contributed by atoms with Crippen molar-refractivity contribution in [1.82, 2.24) is 0 Å². The van der Waals surface area contributed by atoms with Crippen molar-refractivity contribution in [3.05, 3.63) is 46.0 Å². The second kappa shape index (κ2) is 3.98. The summed E-state index contributed by atoms with van der Waals surface area (Å²) in [6, 6.07) is 7.70. The molecular weight excluding hydrogens is 196 g/mol. The zero-order valence-electron chi connectivity index (χ0n) is 7.93. The van der Waals surface area contributed by atoms with E-state index in [2.05, 4.69) is 0 Å². The molecule has 0 aliphatic carbocycles. The molecule has 0 amide bonds. The van der Waals surface area contributed by atoms with Gasteiger partial charge in [0, 0.05) is 16.2 Å². The molecule has 2 rings (SSSR count). The Hall–Kier alpha value is -1.06. The molecule has 0 saturated heterocycles. The van der Waals surface area contributed by atoms with Crippen molar-refractivity contribution < 1.29 is 9.52 Å². The van der Waals surface area contributed by atoms with Crippen LogP contribution in [-0.2, 0) is 6.42 Å². The van der Waals surface area contributed by atoms with Crippen LogP contribution in [0.25, 0.3) is 0 Å². The number of aryl methyl sites for hydroxylation is 1. The third kappa shape index (κ3) is 2.05. The molecule has 2 nitrogen and oxygen atoms in total. The number of furan rings is 1. The Kier molecular flexibility index (Phi) is 2.70. The van der Waals surface area contributed by atoms with Gasteiger partial charge in [0.05, 0.1) is 12.4 Å². The smallest absolute Gasteiger partial charge is 0.106 e. The molecule has 0 bridgehead atoms. The molecule has 0 aliphatic rings. The molecule has 74 valence electrons. The highest BCUT2D eigenvalue weighted by Gasteiger charge is 2.11. The lowest BCUT2D eigenvalue weighted by molar-refractivity contribution is 0.174. The standard InChI is InChI=1S/C11H12O2S/c1-8-4-5-11(14-8)10(12)7-9-3-2-6-13-9/h2-6,10,12H,7H2,1H3. The molecule has 0 radical (unpaired) electrons. The lowest BCUT2D eigenvalue weighted by atomic mass is 10.2. The number of aliphatic hydroxyl groups excluding tert-OH is 1. The van der Waals surface area contributed by atoms with E-state index in [-0.39, 0.29) is 0 Å². The minimum atomic E-state index is -0.445. The van der Waals surface area contributed by atoms with E-state index in [1.54, 1.807) is 17.6 Å². The van der Waals surface area contributed by atoms with Gasteiger partial charge in [0.15, 0.2) is 0 Å². The van der Waals surface area contributed by atoms with Crippen LogP contribution in [0.4, 0.5) is 0 Å². The first-order valence-corrected chi connectivity index (χ1v) is 5.34. The third-order valence-corrected chi connectivity index (χ3v) is 3.17. The zero-order chi connectivity index (χ0) is 9.97. The quantitative estimate of drug-likeness (QED) is 0.841. The monoisotopic (exact) mass is 208 g/mol. The summed E-state index contributed by atoms with van der Waals surface area (Å²) in [5.41, 5.74) is 0. The van der Waals surface area contributed by atoms with Gasteiger partial charge in [-0.15, -0.1) is 11.3 Å². The first-order valence-electron chi connectivity index (χ1n) is 4.52. The highest BCUT2D eigenvalue weighted by molar-refractivity contribution is 7.12. The van der Waals surface area contributed by atoms with Crippen molar-refractivity contribution in [2.45, 2.75) is 19.4 Å². The summed E-state index contributed by atoms with van der Waals surface area (Å²) in [5, 5.41) is 9.86. The fourth-order valence-electron chi connectivity index (χ4n) is 1.35. The fraction of sp³-hybridized carbons (Fsp3) is 0.273. The molecule has 2 aromatic rings. The second-order valence-electron chi connectivity index (χ2n) is 3.25. The lowest BCUT2D eigenvalue weighted by Crippen LogP contribution is -1.97. The Labute approximate surface area is 86.8 Å². The van der Waals surface area contributed by atoms with Crippen LogP contribution in [0.1, 0.15) is 21.6 Å². The molecule has 3 heteroatoms. The number of rotatable bonds is 3.